The van der Waals surface area contributed by atoms with Gasteiger partial charge in [-0.1, -0.05) is 23.7 Å². The summed E-state index contributed by atoms with van der Waals surface area (Å²) in [7, 11) is 0. The van der Waals surface area contributed by atoms with Crippen LogP contribution in [-0.2, 0) is 4.79 Å². The van der Waals surface area contributed by atoms with Gasteiger partial charge in [0.05, 0.1) is 16.6 Å². The van der Waals surface area contributed by atoms with Gasteiger partial charge in [-0.3, -0.25) is 9.59 Å². The molecule has 4 nitrogen and oxygen atoms in total. The molecular formula is C20H25ClN2O2S2. The Labute approximate surface area is 174 Å². The van der Waals surface area contributed by atoms with Gasteiger partial charge in [-0.15, -0.1) is 11.3 Å². The number of amides is 2. The smallest absolute Gasteiger partial charge is 0.253 e. The van der Waals surface area contributed by atoms with Crippen molar-refractivity contribution in [2.45, 2.75) is 39.3 Å². The molecule has 1 aromatic carbocycles. The first kappa shape index (κ1) is 21.8. The number of carbonyl (C=O) groups is 2. The molecular weight excluding hydrogens is 400 g/mol. The van der Waals surface area contributed by atoms with Crippen molar-refractivity contribution in [3.63, 3.8) is 0 Å². The number of halogens is 1. The van der Waals surface area contributed by atoms with Crippen molar-refractivity contribution in [1.29, 1.82) is 0 Å². The monoisotopic (exact) mass is 424 g/mol. The van der Waals surface area contributed by atoms with Crippen LogP contribution in [0.5, 0.6) is 0 Å². The van der Waals surface area contributed by atoms with Crippen molar-refractivity contribution in [3.8, 4) is 0 Å². The third-order valence-electron chi connectivity index (χ3n) is 4.26. The minimum absolute atomic E-state index is 0.114. The van der Waals surface area contributed by atoms with Gasteiger partial charge >= 0.3 is 0 Å². The first-order valence-corrected chi connectivity index (χ1v) is 11.3. The van der Waals surface area contributed by atoms with E-state index < -0.39 is 6.04 Å². The molecule has 0 saturated heterocycles. The van der Waals surface area contributed by atoms with E-state index >= 15 is 0 Å². The fourth-order valence-corrected chi connectivity index (χ4v) is 4.57. The van der Waals surface area contributed by atoms with Crippen LogP contribution in [0.25, 0.3) is 0 Å². The van der Waals surface area contributed by atoms with E-state index in [2.05, 4.69) is 30.5 Å². The average Bonchev–Trinajstić information content (AvgIpc) is 2.97. The number of thiophene rings is 1. The number of hydrogen-bond acceptors (Lipinski definition) is 4. The van der Waals surface area contributed by atoms with Gasteiger partial charge in [0.2, 0.25) is 5.91 Å². The molecule has 0 fully saturated rings. The van der Waals surface area contributed by atoms with Gasteiger partial charge in [0.1, 0.15) is 6.04 Å². The second kappa shape index (κ2) is 10.2. The Bertz CT molecular complexity index is 807. The highest BCUT2D eigenvalue weighted by Crippen LogP contribution is 2.26. The quantitative estimate of drug-likeness (QED) is 0.643. The number of benzene rings is 1. The first-order valence-electron chi connectivity index (χ1n) is 8.75. The summed E-state index contributed by atoms with van der Waals surface area (Å²) >= 11 is 9.46. The molecule has 0 aliphatic rings. The minimum Gasteiger partial charge on any atom is -0.348 e. The number of aryl methyl sites for hydroxylation is 2. The molecule has 0 bridgehead atoms. The van der Waals surface area contributed by atoms with Crippen molar-refractivity contribution in [2.75, 3.05) is 12.0 Å². The van der Waals surface area contributed by atoms with Crippen LogP contribution in [0.15, 0.2) is 30.3 Å². The Hall–Kier alpha value is -1.50. The van der Waals surface area contributed by atoms with E-state index in [1.807, 2.05) is 13.2 Å². The standard InChI is InChI=1S/C20H25ClN2O2S2/c1-12-11-16(14(3)27-12)13(2)22-20(25)18(9-10-26-4)23-19(24)15-7-5-6-8-17(15)21/h5-8,11,13,18H,9-10H2,1-4H3,(H,22,25)(H,23,24)/t13-,18+/m0/s1. The van der Waals surface area contributed by atoms with Crippen LogP contribution in [0.2, 0.25) is 5.02 Å². The summed E-state index contributed by atoms with van der Waals surface area (Å²) in [5, 5.41) is 6.25. The molecule has 2 aromatic rings. The highest BCUT2D eigenvalue weighted by Gasteiger charge is 2.24. The van der Waals surface area contributed by atoms with Crippen LogP contribution in [0, 0.1) is 13.8 Å². The Kier molecular flexibility index (Phi) is 8.20. The molecule has 0 spiro atoms. The molecule has 2 amide bonds. The van der Waals surface area contributed by atoms with E-state index in [4.69, 9.17) is 11.6 Å². The summed E-state index contributed by atoms with van der Waals surface area (Å²) in [6, 6.07) is 8.22. The van der Waals surface area contributed by atoms with E-state index in [-0.39, 0.29) is 17.9 Å². The van der Waals surface area contributed by atoms with Gasteiger partial charge in [-0.25, -0.2) is 0 Å². The highest BCUT2D eigenvalue weighted by molar-refractivity contribution is 7.98. The van der Waals surface area contributed by atoms with E-state index in [1.165, 1.54) is 9.75 Å². The lowest BCUT2D eigenvalue weighted by Gasteiger charge is -2.21. The predicted molar refractivity (Wildman–Crippen MR) is 116 cm³/mol. The number of nitrogens with one attached hydrogen (secondary N) is 2. The van der Waals surface area contributed by atoms with Crippen molar-refractivity contribution < 1.29 is 9.59 Å². The Morgan fingerprint density at radius 2 is 1.93 bits per heavy atom. The lowest BCUT2D eigenvalue weighted by molar-refractivity contribution is -0.123. The number of rotatable bonds is 8. The summed E-state index contributed by atoms with van der Waals surface area (Å²) in [5.41, 5.74) is 1.49. The predicted octanol–water partition coefficient (Wildman–Crippen LogP) is 4.75. The topological polar surface area (TPSA) is 58.2 Å². The maximum Gasteiger partial charge on any atom is 0.253 e. The molecule has 2 rings (SSSR count). The van der Waals surface area contributed by atoms with Gasteiger partial charge in [0, 0.05) is 9.75 Å². The molecule has 0 saturated carbocycles. The van der Waals surface area contributed by atoms with Crippen molar-refractivity contribution in [1.82, 2.24) is 10.6 Å². The second-order valence-corrected chi connectivity index (χ2v) is 9.24. The van der Waals surface area contributed by atoms with Crippen molar-refractivity contribution >= 4 is 46.5 Å². The minimum atomic E-state index is -0.608. The van der Waals surface area contributed by atoms with Crippen LogP contribution in [0.1, 0.15) is 45.1 Å². The maximum absolute atomic E-state index is 12.8. The van der Waals surface area contributed by atoms with E-state index in [0.717, 1.165) is 11.3 Å². The molecule has 1 aromatic heterocycles. The van der Waals surface area contributed by atoms with Gasteiger partial charge in [-0.2, -0.15) is 11.8 Å². The van der Waals surface area contributed by atoms with Gasteiger partial charge in [0.15, 0.2) is 0 Å². The molecule has 27 heavy (non-hydrogen) atoms. The summed E-state index contributed by atoms with van der Waals surface area (Å²) in [5.74, 6) is 0.253. The SMILES string of the molecule is CSCC[C@@H](NC(=O)c1ccccc1Cl)C(=O)N[C@@H](C)c1cc(C)sc1C. The first-order chi connectivity index (χ1) is 12.8. The van der Waals surface area contributed by atoms with Crippen LogP contribution in [0.4, 0.5) is 0 Å². The molecule has 1 heterocycles. The Morgan fingerprint density at radius 3 is 2.52 bits per heavy atom. The van der Waals surface area contributed by atoms with Crippen LogP contribution < -0.4 is 10.6 Å². The molecule has 0 aliphatic carbocycles. The lowest BCUT2D eigenvalue weighted by Crippen LogP contribution is -2.47. The Morgan fingerprint density at radius 1 is 1.22 bits per heavy atom. The van der Waals surface area contributed by atoms with Gasteiger partial charge < -0.3 is 10.6 Å². The summed E-state index contributed by atoms with van der Waals surface area (Å²) in [6.45, 7) is 6.08. The number of thioether (sulfide) groups is 1. The molecule has 0 aliphatic heterocycles. The molecule has 146 valence electrons. The average molecular weight is 425 g/mol. The van der Waals surface area contributed by atoms with Crippen LogP contribution in [-0.4, -0.2) is 29.9 Å². The lowest BCUT2D eigenvalue weighted by atomic mass is 10.1. The van der Waals surface area contributed by atoms with Gasteiger partial charge in [-0.05, 0) is 63.0 Å². The maximum atomic E-state index is 12.8. The normalized spacial score (nSPS) is 13.1. The van der Waals surface area contributed by atoms with Crippen molar-refractivity contribution in [2.24, 2.45) is 0 Å². The third kappa shape index (κ3) is 5.99. The third-order valence-corrected chi connectivity index (χ3v) is 6.21. The zero-order valence-electron chi connectivity index (χ0n) is 16.0. The van der Waals surface area contributed by atoms with E-state index in [1.54, 1.807) is 47.4 Å². The molecule has 2 atom stereocenters. The van der Waals surface area contributed by atoms with E-state index in [0.29, 0.717) is 17.0 Å². The Balaban J connectivity index is 2.10. The molecule has 0 radical (unpaired) electrons. The largest absolute Gasteiger partial charge is 0.348 e. The molecule has 7 heteroatoms. The number of carbonyl (C=O) groups excluding carboxylic acids is 2. The fraction of sp³-hybridized carbons (Fsp3) is 0.400. The zero-order valence-corrected chi connectivity index (χ0v) is 18.4. The number of hydrogen-bond donors (Lipinski definition) is 2. The van der Waals surface area contributed by atoms with Crippen LogP contribution >= 0.6 is 34.7 Å². The van der Waals surface area contributed by atoms with Crippen LogP contribution in [0.3, 0.4) is 0 Å². The summed E-state index contributed by atoms with van der Waals surface area (Å²) in [4.78, 5) is 27.8. The zero-order chi connectivity index (χ0) is 20.0. The summed E-state index contributed by atoms with van der Waals surface area (Å²) in [6.07, 6.45) is 2.53. The highest BCUT2D eigenvalue weighted by atomic mass is 35.5. The molecule has 0 unspecified atom stereocenters. The second-order valence-electron chi connectivity index (χ2n) is 6.39. The van der Waals surface area contributed by atoms with E-state index in [9.17, 15) is 9.59 Å². The summed E-state index contributed by atoms with van der Waals surface area (Å²) < 4.78 is 0. The molecule has 2 N–H and O–H groups in total. The van der Waals surface area contributed by atoms with Gasteiger partial charge in [0.25, 0.3) is 5.91 Å². The fourth-order valence-electron chi connectivity index (χ4n) is 2.86. The van der Waals surface area contributed by atoms with Crippen molar-refractivity contribution in [3.05, 3.63) is 56.2 Å².